The number of hydrogen-bond donors (Lipinski definition) is 0. The number of nitrogens with zero attached hydrogens (tertiary/aromatic N) is 5. The Balaban J connectivity index is 1.50. The molecule has 0 saturated carbocycles. The molecule has 0 unspecified atom stereocenters. The van der Waals surface area contributed by atoms with E-state index in [2.05, 4.69) is 46.5 Å². The highest BCUT2D eigenvalue weighted by molar-refractivity contribution is 5.76. The van der Waals surface area contributed by atoms with Crippen molar-refractivity contribution < 1.29 is 4.79 Å². The Morgan fingerprint density at radius 1 is 1.11 bits per heavy atom. The van der Waals surface area contributed by atoms with Crippen LogP contribution in [0.1, 0.15) is 57.5 Å². The molecule has 6 nitrogen and oxygen atoms in total. The van der Waals surface area contributed by atoms with E-state index >= 15 is 0 Å². The smallest absolute Gasteiger partial charge is 0.222 e. The number of likely N-dealkylation sites (N-methyl/N-ethyl adjacent to an activating group) is 1. The van der Waals surface area contributed by atoms with Crippen LogP contribution in [0.25, 0.3) is 0 Å². The molecule has 0 atom stereocenters. The zero-order valence-electron chi connectivity index (χ0n) is 17.4. The fourth-order valence-electron chi connectivity index (χ4n) is 4.05. The topological polar surface area (TPSA) is 52.6 Å². The molecule has 2 fully saturated rings. The van der Waals surface area contributed by atoms with Crippen LogP contribution in [0.3, 0.4) is 0 Å². The van der Waals surface area contributed by atoms with Crippen molar-refractivity contribution in [2.75, 3.05) is 50.7 Å². The molecular weight excluding hydrogens is 338 g/mol. The number of aromatic nitrogens is 2. The van der Waals surface area contributed by atoms with E-state index in [1.54, 1.807) is 0 Å². The summed E-state index contributed by atoms with van der Waals surface area (Å²) in [6, 6.07) is 2.09. The number of rotatable bonds is 5. The van der Waals surface area contributed by atoms with Gasteiger partial charge in [0.15, 0.2) is 0 Å². The first-order valence-corrected chi connectivity index (χ1v) is 10.6. The normalized spacial score (nSPS) is 19.7. The maximum Gasteiger partial charge on any atom is 0.222 e. The summed E-state index contributed by atoms with van der Waals surface area (Å²) in [5.41, 5.74) is 1.03. The molecule has 0 aliphatic carbocycles. The summed E-state index contributed by atoms with van der Waals surface area (Å²) < 4.78 is 0. The second-order valence-corrected chi connectivity index (χ2v) is 8.33. The second kappa shape index (κ2) is 9.00. The van der Waals surface area contributed by atoms with Gasteiger partial charge in [0.05, 0.1) is 0 Å². The summed E-state index contributed by atoms with van der Waals surface area (Å²) in [6.45, 7) is 15.4. The molecule has 2 aliphatic heterocycles. The van der Waals surface area contributed by atoms with Gasteiger partial charge in [-0.05, 0) is 32.2 Å². The number of aryl methyl sites for hydroxylation is 1. The molecule has 2 saturated heterocycles. The highest BCUT2D eigenvalue weighted by atomic mass is 16.2. The number of hydrogen-bond acceptors (Lipinski definition) is 5. The van der Waals surface area contributed by atoms with Crippen LogP contribution >= 0.6 is 0 Å². The first-order chi connectivity index (χ1) is 13.0. The lowest BCUT2D eigenvalue weighted by molar-refractivity contribution is -0.134. The SMILES string of the molecule is CCN1CCN(C(=O)CC2CCN(c3cc(C)nc(C(C)C)n3)CC2)CC1. The third kappa shape index (κ3) is 5.18. The van der Waals surface area contributed by atoms with E-state index in [1.165, 1.54) is 0 Å². The fourth-order valence-corrected chi connectivity index (χ4v) is 4.05. The Kier molecular flexibility index (Phi) is 6.68. The molecule has 3 rings (SSSR count). The molecule has 0 aromatic carbocycles. The third-order valence-electron chi connectivity index (χ3n) is 5.95. The van der Waals surface area contributed by atoms with E-state index in [0.29, 0.717) is 24.2 Å². The lowest BCUT2D eigenvalue weighted by Gasteiger charge is -2.36. The summed E-state index contributed by atoms with van der Waals surface area (Å²) in [7, 11) is 0. The molecule has 1 aromatic heterocycles. The number of carbonyl (C=O) groups is 1. The summed E-state index contributed by atoms with van der Waals surface area (Å²) in [6.07, 6.45) is 2.85. The van der Waals surface area contributed by atoms with E-state index in [0.717, 1.165) is 76.0 Å². The Labute approximate surface area is 164 Å². The molecule has 0 bridgehead atoms. The van der Waals surface area contributed by atoms with Crippen LogP contribution in [0.15, 0.2) is 6.07 Å². The Bertz CT molecular complexity index is 631. The first kappa shape index (κ1) is 20.1. The van der Waals surface area contributed by atoms with Crippen LogP contribution in [0.4, 0.5) is 5.82 Å². The van der Waals surface area contributed by atoms with Gasteiger partial charge in [-0.1, -0.05) is 20.8 Å². The lowest BCUT2D eigenvalue weighted by atomic mass is 9.93. The van der Waals surface area contributed by atoms with Crippen molar-refractivity contribution in [3.05, 3.63) is 17.6 Å². The van der Waals surface area contributed by atoms with Crippen molar-refractivity contribution in [1.29, 1.82) is 0 Å². The summed E-state index contributed by atoms with van der Waals surface area (Å²) in [5, 5.41) is 0. The number of piperidine rings is 1. The Hall–Kier alpha value is -1.69. The van der Waals surface area contributed by atoms with E-state index in [-0.39, 0.29) is 0 Å². The zero-order chi connectivity index (χ0) is 19.4. The highest BCUT2D eigenvalue weighted by Gasteiger charge is 2.26. The fraction of sp³-hybridized carbons (Fsp3) is 0.762. The summed E-state index contributed by atoms with van der Waals surface area (Å²) >= 11 is 0. The molecular formula is C21H35N5O. The minimum absolute atomic E-state index is 0.340. The molecule has 6 heteroatoms. The van der Waals surface area contributed by atoms with Crippen LogP contribution in [0.5, 0.6) is 0 Å². The first-order valence-electron chi connectivity index (χ1n) is 10.6. The van der Waals surface area contributed by atoms with Crippen molar-refractivity contribution in [2.45, 2.75) is 52.9 Å². The predicted octanol–water partition coefficient (Wildman–Crippen LogP) is 2.68. The van der Waals surface area contributed by atoms with Crippen molar-refractivity contribution in [1.82, 2.24) is 19.8 Å². The van der Waals surface area contributed by atoms with Crippen LogP contribution < -0.4 is 4.90 Å². The molecule has 27 heavy (non-hydrogen) atoms. The molecule has 150 valence electrons. The maximum absolute atomic E-state index is 12.7. The summed E-state index contributed by atoms with van der Waals surface area (Å²) in [4.78, 5) is 28.8. The van der Waals surface area contributed by atoms with Crippen LogP contribution in [0.2, 0.25) is 0 Å². The maximum atomic E-state index is 12.7. The van der Waals surface area contributed by atoms with Crippen LogP contribution in [0, 0.1) is 12.8 Å². The van der Waals surface area contributed by atoms with E-state index in [4.69, 9.17) is 4.98 Å². The quantitative estimate of drug-likeness (QED) is 0.794. The van der Waals surface area contributed by atoms with E-state index in [1.807, 2.05) is 6.92 Å². The number of piperazine rings is 1. The average molecular weight is 374 g/mol. The average Bonchev–Trinajstić information content (AvgIpc) is 2.68. The number of anilines is 1. The predicted molar refractivity (Wildman–Crippen MR) is 109 cm³/mol. The van der Waals surface area contributed by atoms with Crippen molar-refractivity contribution in [3.63, 3.8) is 0 Å². The van der Waals surface area contributed by atoms with Crippen molar-refractivity contribution in [2.24, 2.45) is 5.92 Å². The standard InChI is InChI=1S/C21H35N5O/c1-5-24-10-12-26(13-11-24)20(27)15-18-6-8-25(9-7-18)19-14-17(4)22-21(23-19)16(2)3/h14,16,18H,5-13,15H2,1-4H3. The molecule has 0 spiro atoms. The number of carbonyl (C=O) groups excluding carboxylic acids is 1. The van der Waals surface area contributed by atoms with Gasteiger partial charge in [0.2, 0.25) is 5.91 Å². The monoisotopic (exact) mass is 373 g/mol. The van der Waals surface area contributed by atoms with Crippen LogP contribution in [-0.4, -0.2) is 71.5 Å². The molecule has 2 aliphatic rings. The number of amides is 1. The second-order valence-electron chi connectivity index (χ2n) is 8.33. The molecule has 0 radical (unpaired) electrons. The minimum atomic E-state index is 0.340. The zero-order valence-corrected chi connectivity index (χ0v) is 17.4. The van der Waals surface area contributed by atoms with Gasteiger partial charge >= 0.3 is 0 Å². The molecule has 1 amide bonds. The van der Waals surface area contributed by atoms with Gasteiger partial charge in [-0.15, -0.1) is 0 Å². The van der Waals surface area contributed by atoms with Crippen LogP contribution in [-0.2, 0) is 4.79 Å². The molecule has 1 aromatic rings. The van der Waals surface area contributed by atoms with Gasteiger partial charge in [0.1, 0.15) is 11.6 Å². The van der Waals surface area contributed by atoms with Gasteiger partial charge in [0.25, 0.3) is 0 Å². The third-order valence-corrected chi connectivity index (χ3v) is 5.95. The van der Waals surface area contributed by atoms with E-state index in [9.17, 15) is 4.79 Å². The minimum Gasteiger partial charge on any atom is -0.356 e. The van der Waals surface area contributed by atoms with E-state index < -0.39 is 0 Å². The highest BCUT2D eigenvalue weighted by Crippen LogP contribution is 2.26. The lowest BCUT2D eigenvalue weighted by Crippen LogP contribution is -2.49. The van der Waals surface area contributed by atoms with Gasteiger partial charge in [-0.2, -0.15) is 0 Å². The van der Waals surface area contributed by atoms with Gasteiger partial charge in [-0.3, -0.25) is 4.79 Å². The largest absolute Gasteiger partial charge is 0.356 e. The van der Waals surface area contributed by atoms with Gasteiger partial charge < -0.3 is 14.7 Å². The molecule has 0 N–H and O–H groups in total. The molecule has 3 heterocycles. The van der Waals surface area contributed by atoms with Crippen molar-refractivity contribution >= 4 is 11.7 Å². The summed E-state index contributed by atoms with van der Waals surface area (Å²) in [5.74, 6) is 3.17. The Morgan fingerprint density at radius 2 is 1.78 bits per heavy atom. The van der Waals surface area contributed by atoms with Gasteiger partial charge in [0, 0.05) is 63.4 Å². The Morgan fingerprint density at radius 3 is 2.37 bits per heavy atom. The van der Waals surface area contributed by atoms with Gasteiger partial charge in [-0.25, -0.2) is 9.97 Å². The van der Waals surface area contributed by atoms with Crippen molar-refractivity contribution in [3.8, 4) is 0 Å².